The van der Waals surface area contributed by atoms with Crippen molar-refractivity contribution >= 4 is 5.71 Å². The predicted molar refractivity (Wildman–Crippen MR) is 118 cm³/mol. The molecule has 2 nitrogen and oxygen atoms in total. The molecule has 28 heavy (non-hydrogen) atoms. The Labute approximate surface area is 174 Å². The topological polar surface area (TPSA) is 26.1 Å². The van der Waals surface area contributed by atoms with Crippen molar-refractivity contribution < 1.29 is 4.74 Å². The molecule has 0 amide bonds. The second-order valence-corrected chi connectivity index (χ2v) is 12.0. The zero-order chi connectivity index (χ0) is 20.1. The first-order valence-corrected chi connectivity index (χ1v) is 12.6. The quantitative estimate of drug-likeness (QED) is 0.366. The van der Waals surface area contributed by atoms with Crippen LogP contribution in [0, 0.1) is 51.5 Å². The van der Waals surface area contributed by atoms with Gasteiger partial charge < -0.3 is 5.21 Å². The molecule has 160 valence electrons. The average molecular weight is 388 g/mol. The highest BCUT2D eigenvalue weighted by molar-refractivity contribution is 5.87. The Morgan fingerprint density at radius 1 is 1.00 bits per heavy atom. The van der Waals surface area contributed by atoms with Crippen LogP contribution in [0.1, 0.15) is 105 Å². The molecule has 0 aromatic carbocycles. The van der Waals surface area contributed by atoms with Gasteiger partial charge in [-0.25, -0.2) is 4.74 Å². The third-order valence-electron chi connectivity index (χ3n) is 10.2. The van der Waals surface area contributed by atoms with E-state index in [0.29, 0.717) is 5.41 Å². The highest BCUT2D eigenvalue weighted by atomic mass is 16.5. The standard InChI is InChI=1S/C26H45NO/c1-18(2)8-6-9-19(3)21-11-12-22-20-10-13-24-26(5,15-7-17-27(24)28)23(20)14-16-25(21,22)4/h18-23H,6-17H2,1-5H3/t19-,20+,21-,22+,23+,25-,26-/m1/s1. The summed E-state index contributed by atoms with van der Waals surface area (Å²) in [4.78, 5) is 0. The molecule has 0 spiro atoms. The molecule has 0 radical (unpaired) electrons. The smallest absolute Gasteiger partial charge is 0.169 e. The third-order valence-corrected chi connectivity index (χ3v) is 10.2. The van der Waals surface area contributed by atoms with Gasteiger partial charge in [-0.3, -0.25) is 0 Å². The first kappa shape index (κ1) is 20.7. The van der Waals surface area contributed by atoms with Crippen LogP contribution in [-0.4, -0.2) is 17.0 Å². The largest absolute Gasteiger partial charge is 0.624 e. The van der Waals surface area contributed by atoms with Crippen LogP contribution in [0.3, 0.4) is 0 Å². The van der Waals surface area contributed by atoms with Crippen LogP contribution in [-0.2, 0) is 0 Å². The van der Waals surface area contributed by atoms with Gasteiger partial charge in [0.15, 0.2) is 12.3 Å². The van der Waals surface area contributed by atoms with Crippen molar-refractivity contribution in [3.05, 3.63) is 5.21 Å². The van der Waals surface area contributed by atoms with Crippen LogP contribution in [0.25, 0.3) is 0 Å². The van der Waals surface area contributed by atoms with E-state index in [1.807, 2.05) is 0 Å². The summed E-state index contributed by atoms with van der Waals surface area (Å²) in [6.07, 6.45) is 14.7. The summed E-state index contributed by atoms with van der Waals surface area (Å²) in [5.41, 5.74) is 2.06. The fourth-order valence-corrected chi connectivity index (χ4v) is 8.77. The normalized spacial score (nSPS) is 44.2. The van der Waals surface area contributed by atoms with Crippen molar-refractivity contribution in [3.8, 4) is 0 Å². The monoisotopic (exact) mass is 387 g/mol. The van der Waals surface area contributed by atoms with E-state index >= 15 is 0 Å². The third kappa shape index (κ3) is 3.25. The first-order chi connectivity index (χ1) is 13.3. The second-order valence-electron chi connectivity index (χ2n) is 12.0. The van der Waals surface area contributed by atoms with Crippen LogP contribution in [0.2, 0.25) is 0 Å². The summed E-state index contributed by atoms with van der Waals surface area (Å²) >= 11 is 0. The van der Waals surface area contributed by atoms with Gasteiger partial charge in [0.25, 0.3) is 0 Å². The summed E-state index contributed by atoms with van der Waals surface area (Å²) in [6.45, 7) is 13.2. The minimum Gasteiger partial charge on any atom is -0.624 e. The average Bonchev–Trinajstić information content (AvgIpc) is 2.98. The van der Waals surface area contributed by atoms with Crippen molar-refractivity contribution in [1.82, 2.24) is 0 Å². The number of hydrogen-bond donors (Lipinski definition) is 0. The van der Waals surface area contributed by atoms with Gasteiger partial charge in [-0.2, -0.15) is 0 Å². The summed E-state index contributed by atoms with van der Waals surface area (Å²) in [7, 11) is 0. The lowest BCUT2D eigenvalue weighted by Crippen LogP contribution is -2.55. The van der Waals surface area contributed by atoms with Gasteiger partial charge >= 0.3 is 0 Å². The number of rotatable bonds is 5. The van der Waals surface area contributed by atoms with Crippen LogP contribution in [0.5, 0.6) is 0 Å². The molecule has 3 aliphatic carbocycles. The Balaban J connectivity index is 1.50. The number of hydroxylamine groups is 1. The van der Waals surface area contributed by atoms with E-state index in [9.17, 15) is 5.21 Å². The molecule has 0 N–H and O–H groups in total. The molecule has 3 saturated carbocycles. The molecule has 1 aliphatic heterocycles. The second kappa shape index (κ2) is 7.62. The molecule has 1 heterocycles. The molecular weight excluding hydrogens is 342 g/mol. The molecule has 3 fully saturated rings. The van der Waals surface area contributed by atoms with Gasteiger partial charge in [-0.05, 0) is 86.4 Å². The van der Waals surface area contributed by atoms with Crippen molar-refractivity contribution in [3.63, 3.8) is 0 Å². The molecule has 0 aromatic heterocycles. The van der Waals surface area contributed by atoms with E-state index in [0.717, 1.165) is 54.9 Å². The van der Waals surface area contributed by atoms with E-state index in [1.165, 1.54) is 68.2 Å². The maximum Gasteiger partial charge on any atom is 0.169 e. The zero-order valence-corrected chi connectivity index (χ0v) is 19.3. The molecule has 2 heteroatoms. The van der Waals surface area contributed by atoms with Crippen LogP contribution >= 0.6 is 0 Å². The van der Waals surface area contributed by atoms with E-state index in [2.05, 4.69) is 34.6 Å². The van der Waals surface area contributed by atoms with E-state index in [1.54, 1.807) is 0 Å². The van der Waals surface area contributed by atoms with Crippen LogP contribution in [0.4, 0.5) is 0 Å². The highest BCUT2D eigenvalue weighted by Gasteiger charge is 2.61. The maximum absolute atomic E-state index is 12.6. The molecule has 7 atom stereocenters. The summed E-state index contributed by atoms with van der Waals surface area (Å²) in [6, 6.07) is 0. The highest BCUT2D eigenvalue weighted by Crippen LogP contribution is 2.66. The van der Waals surface area contributed by atoms with Gasteiger partial charge in [0, 0.05) is 12.8 Å². The zero-order valence-electron chi connectivity index (χ0n) is 19.3. The van der Waals surface area contributed by atoms with Crippen molar-refractivity contribution in [1.29, 1.82) is 0 Å². The molecule has 4 rings (SSSR count). The SMILES string of the molecule is CC(C)CCC[C@@H](C)[C@H]1CC[C@H]2[C@@H]3CCC4=[N+]([O-])CCC[C@]4(C)[C@H]3CC[C@]12C. The Bertz CT molecular complexity index is 610. The minimum atomic E-state index is 0.214. The molecular formula is C26H45NO. The first-order valence-electron chi connectivity index (χ1n) is 12.6. The molecule has 4 aliphatic rings. The summed E-state index contributed by atoms with van der Waals surface area (Å²) in [5.74, 6) is 5.25. The lowest BCUT2D eigenvalue weighted by Gasteiger charge is -2.57. The molecule has 0 saturated heterocycles. The van der Waals surface area contributed by atoms with E-state index in [4.69, 9.17) is 0 Å². The van der Waals surface area contributed by atoms with Gasteiger partial charge in [-0.15, -0.1) is 0 Å². The lowest BCUT2D eigenvalue weighted by atomic mass is 9.47. The Kier molecular flexibility index (Phi) is 5.64. The Morgan fingerprint density at radius 2 is 1.79 bits per heavy atom. The van der Waals surface area contributed by atoms with E-state index < -0.39 is 0 Å². The fraction of sp³-hybridized carbons (Fsp3) is 0.962. The Morgan fingerprint density at radius 3 is 2.54 bits per heavy atom. The van der Waals surface area contributed by atoms with Crippen LogP contribution in [0.15, 0.2) is 0 Å². The number of fused-ring (bicyclic) bond motifs is 5. The molecule has 0 unspecified atom stereocenters. The maximum atomic E-state index is 12.6. The number of nitrogens with zero attached hydrogens (tertiary/aromatic N) is 1. The minimum absolute atomic E-state index is 0.214. The summed E-state index contributed by atoms with van der Waals surface area (Å²) < 4.78 is 1.40. The molecule has 0 bridgehead atoms. The van der Waals surface area contributed by atoms with Crippen molar-refractivity contribution in [2.45, 2.75) is 105 Å². The van der Waals surface area contributed by atoms with Gasteiger partial charge in [-0.1, -0.05) is 47.0 Å². The van der Waals surface area contributed by atoms with Gasteiger partial charge in [0.05, 0.1) is 5.41 Å². The van der Waals surface area contributed by atoms with E-state index in [-0.39, 0.29) is 5.41 Å². The van der Waals surface area contributed by atoms with Crippen LogP contribution < -0.4 is 0 Å². The van der Waals surface area contributed by atoms with Crippen molar-refractivity contribution in [2.75, 3.05) is 6.54 Å². The van der Waals surface area contributed by atoms with Crippen molar-refractivity contribution in [2.24, 2.45) is 46.3 Å². The number of hydrogen-bond acceptors (Lipinski definition) is 1. The Hall–Kier alpha value is -0.530. The lowest BCUT2D eigenvalue weighted by molar-refractivity contribution is -0.473. The van der Waals surface area contributed by atoms with Gasteiger partial charge in [0.1, 0.15) is 0 Å². The molecule has 0 aromatic rings. The fourth-order valence-electron chi connectivity index (χ4n) is 8.77. The summed E-state index contributed by atoms with van der Waals surface area (Å²) in [5, 5.41) is 12.6. The predicted octanol–water partition coefficient (Wildman–Crippen LogP) is 7.05. The van der Waals surface area contributed by atoms with Gasteiger partial charge in [0.2, 0.25) is 0 Å².